The van der Waals surface area contributed by atoms with Crippen molar-refractivity contribution in [3.05, 3.63) is 70.9 Å². The summed E-state index contributed by atoms with van der Waals surface area (Å²) in [6.45, 7) is 4.40. The molecule has 1 aliphatic heterocycles. The molecule has 0 saturated heterocycles. The lowest BCUT2D eigenvalue weighted by atomic mass is 9.89. The number of methoxy groups -OCH3 is 1. The first-order chi connectivity index (χ1) is 12.6. The summed E-state index contributed by atoms with van der Waals surface area (Å²) in [7, 11) is 1.47. The topological polar surface area (TPSA) is 58.7 Å². The molecule has 2 heterocycles. The van der Waals surface area contributed by atoms with Crippen molar-refractivity contribution >= 4 is 16.9 Å². The van der Waals surface area contributed by atoms with E-state index in [1.165, 1.54) is 34.9 Å². The van der Waals surface area contributed by atoms with Crippen LogP contribution < -0.4 is 5.32 Å². The Morgan fingerprint density at radius 3 is 2.58 bits per heavy atom. The number of aromatic nitrogens is 1. The maximum absolute atomic E-state index is 12.3. The Balaban J connectivity index is 1.81. The number of hydrogen-bond donors (Lipinski definition) is 2. The molecule has 0 bridgehead atoms. The molecule has 2 aromatic carbocycles. The summed E-state index contributed by atoms with van der Waals surface area (Å²) in [4.78, 5) is 15.9. The zero-order valence-corrected chi connectivity index (χ0v) is 15.5. The lowest BCUT2D eigenvalue weighted by Gasteiger charge is -2.27. The summed E-state index contributed by atoms with van der Waals surface area (Å²) in [6, 6.07) is 16.9. The number of carbonyl (C=O) groups excluding carboxylic acids is 1. The van der Waals surface area contributed by atoms with Crippen LogP contribution in [0.1, 0.15) is 48.2 Å². The molecule has 3 aromatic rings. The Morgan fingerprint density at radius 2 is 1.88 bits per heavy atom. The molecule has 0 radical (unpaired) electrons. The van der Waals surface area contributed by atoms with Crippen LogP contribution in [0.2, 0.25) is 0 Å². The highest BCUT2D eigenvalue weighted by atomic mass is 16.5. The molecular weight excluding hydrogens is 324 g/mol. The van der Waals surface area contributed by atoms with E-state index in [2.05, 4.69) is 60.5 Å². The molecule has 0 saturated carbocycles. The lowest BCUT2D eigenvalue weighted by molar-refractivity contribution is -0.712. The first-order valence-corrected chi connectivity index (χ1v) is 9.20. The molecule has 0 fully saturated rings. The summed E-state index contributed by atoms with van der Waals surface area (Å²) >= 11 is 0. The van der Waals surface area contributed by atoms with Gasteiger partial charge in [-0.25, -0.2) is 4.79 Å². The number of nitrogens with one attached hydrogen (secondary N) is 1. The first-order valence-electron chi connectivity index (χ1n) is 9.20. The van der Waals surface area contributed by atoms with E-state index in [1.807, 2.05) is 12.1 Å². The van der Waals surface area contributed by atoms with Gasteiger partial charge in [0.25, 0.3) is 0 Å². The third-order valence-electron chi connectivity index (χ3n) is 5.47. The number of H-pyrrole nitrogens is 1. The maximum atomic E-state index is 12.3. The van der Waals surface area contributed by atoms with E-state index >= 15 is 0 Å². The van der Waals surface area contributed by atoms with Gasteiger partial charge >= 0.3 is 5.97 Å². The molecule has 26 heavy (non-hydrogen) atoms. The third kappa shape index (κ3) is 2.80. The van der Waals surface area contributed by atoms with E-state index in [1.54, 1.807) is 0 Å². The second-order valence-electron chi connectivity index (χ2n) is 7.39. The van der Waals surface area contributed by atoms with Crippen molar-refractivity contribution in [1.29, 1.82) is 0 Å². The summed E-state index contributed by atoms with van der Waals surface area (Å²) < 4.78 is 5.05. The number of ether oxygens (including phenoxy) is 1. The predicted octanol–water partition coefficient (Wildman–Crippen LogP) is 3.04. The summed E-state index contributed by atoms with van der Waals surface area (Å²) in [5, 5.41) is 3.33. The zero-order chi connectivity index (χ0) is 18.3. The normalized spacial score (nSPS) is 19.5. The van der Waals surface area contributed by atoms with Gasteiger partial charge in [0.1, 0.15) is 0 Å². The number of para-hydroxylation sites is 1. The van der Waals surface area contributed by atoms with Crippen molar-refractivity contribution in [1.82, 2.24) is 4.98 Å². The number of rotatable bonds is 3. The molecule has 1 aromatic heterocycles. The van der Waals surface area contributed by atoms with Crippen molar-refractivity contribution in [2.24, 2.45) is 0 Å². The highest BCUT2D eigenvalue weighted by Gasteiger charge is 2.38. The smallest absolute Gasteiger partial charge is 0.364 e. The number of quaternary nitrogens is 1. The van der Waals surface area contributed by atoms with Gasteiger partial charge in [-0.2, -0.15) is 0 Å². The van der Waals surface area contributed by atoms with Crippen molar-refractivity contribution in [2.45, 2.75) is 38.3 Å². The Morgan fingerprint density at radius 1 is 1.15 bits per heavy atom. The van der Waals surface area contributed by atoms with Crippen LogP contribution in [0, 0.1) is 0 Å². The lowest BCUT2D eigenvalue weighted by Crippen LogP contribution is -2.94. The van der Waals surface area contributed by atoms with Gasteiger partial charge in [-0.05, 0) is 23.1 Å². The molecule has 2 atom stereocenters. The SMILES string of the molecule is COC(=O)[C@@H]1Cc2c([nH]c3ccccc23)[C@@H](c2ccc(C(C)C)cc2)[NH2+]1. The fraction of sp³-hybridized carbons (Fsp3) is 0.318. The van der Waals surface area contributed by atoms with Crippen molar-refractivity contribution < 1.29 is 14.8 Å². The Kier molecular flexibility index (Phi) is 4.29. The van der Waals surface area contributed by atoms with Gasteiger partial charge in [-0.15, -0.1) is 0 Å². The molecule has 4 nitrogen and oxygen atoms in total. The summed E-state index contributed by atoms with van der Waals surface area (Å²) in [5.74, 6) is 0.343. The number of fused-ring (bicyclic) bond motifs is 3. The van der Waals surface area contributed by atoms with Crippen LogP contribution in [0.4, 0.5) is 0 Å². The zero-order valence-electron chi connectivity index (χ0n) is 15.5. The predicted molar refractivity (Wildman–Crippen MR) is 102 cm³/mol. The van der Waals surface area contributed by atoms with E-state index < -0.39 is 0 Å². The second-order valence-corrected chi connectivity index (χ2v) is 7.39. The molecule has 0 spiro atoms. The van der Waals surface area contributed by atoms with E-state index in [9.17, 15) is 4.79 Å². The minimum absolute atomic E-state index is 0.0662. The molecule has 0 unspecified atom stereocenters. The van der Waals surface area contributed by atoms with Crippen LogP contribution in [0.15, 0.2) is 48.5 Å². The molecule has 3 N–H and O–H groups in total. The number of hydrogen-bond acceptors (Lipinski definition) is 2. The number of benzene rings is 2. The molecule has 0 aliphatic carbocycles. The number of carbonyl (C=O) groups is 1. The molecule has 134 valence electrons. The maximum Gasteiger partial charge on any atom is 0.364 e. The van der Waals surface area contributed by atoms with Crippen molar-refractivity contribution in [3.63, 3.8) is 0 Å². The van der Waals surface area contributed by atoms with Gasteiger partial charge in [0.05, 0.1) is 12.8 Å². The van der Waals surface area contributed by atoms with E-state index in [4.69, 9.17) is 4.74 Å². The fourth-order valence-corrected chi connectivity index (χ4v) is 4.00. The van der Waals surface area contributed by atoms with E-state index in [0.717, 1.165) is 5.52 Å². The number of aromatic amines is 1. The van der Waals surface area contributed by atoms with Crippen LogP contribution in [0.3, 0.4) is 0 Å². The van der Waals surface area contributed by atoms with Gasteiger partial charge in [-0.3, -0.25) is 0 Å². The van der Waals surface area contributed by atoms with Crippen molar-refractivity contribution in [2.75, 3.05) is 7.11 Å². The summed E-state index contributed by atoms with van der Waals surface area (Å²) in [5.41, 5.74) is 6.09. The van der Waals surface area contributed by atoms with Crippen LogP contribution in [-0.4, -0.2) is 24.1 Å². The van der Waals surface area contributed by atoms with Gasteiger partial charge < -0.3 is 15.0 Å². The highest BCUT2D eigenvalue weighted by molar-refractivity contribution is 5.86. The van der Waals surface area contributed by atoms with Crippen LogP contribution in [-0.2, 0) is 16.0 Å². The van der Waals surface area contributed by atoms with Gasteiger partial charge in [0.2, 0.25) is 0 Å². The van der Waals surface area contributed by atoms with Crippen LogP contribution >= 0.6 is 0 Å². The molecule has 4 heteroatoms. The standard InChI is InChI=1S/C22H24N2O2/c1-13(2)14-8-10-15(11-9-14)20-21-17(12-19(24-20)22(25)26-3)16-6-4-5-7-18(16)23-21/h4-11,13,19-20,23-24H,12H2,1-3H3/p+1/t19-,20+/m0/s1. The number of esters is 1. The van der Waals surface area contributed by atoms with E-state index in [0.29, 0.717) is 12.3 Å². The van der Waals surface area contributed by atoms with E-state index in [-0.39, 0.29) is 18.1 Å². The van der Waals surface area contributed by atoms with Gasteiger partial charge in [0.15, 0.2) is 12.1 Å². The van der Waals surface area contributed by atoms with Crippen LogP contribution in [0.25, 0.3) is 10.9 Å². The van der Waals surface area contributed by atoms with Crippen molar-refractivity contribution in [3.8, 4) is 0 Å². The molecule has 4 rings (SSSR count). The van der Waals surface area contributed by atoms with Gasteiger partial charge in [-0.1, -0.05) is 56.3 Å². The minimum Gasteiger partial charge on any atom is -0.465 e. The molecular formula is C22H25N2O2+. The highest BCUT2D eigenvalue weighted by Crippen LogP contribution is 2.32. The second kappa shape index (κ2) is 6.61. The Hall–Kier alpha value is -2.59. The monoisotopic (exact) mass is 349 g/mol. The Bertz CT molecular complexity index is 940. The summed E-state index contributed by atoms with van der Waals surface area (Å²) in [6.07, 6.45) is 0.687. The third-order valence-corrected chi connectivity index (χ3v) is 5.47. The number of nitrogens with two attached hydrogens (primary N) is 1. The van der Waals surface area contributed by atoms with Crippen LogP contribution in [0.5, 0.6) is 0 Å². The average molecular weight is 349 g/mol. The Labute approximate surface area is 153 Å². The molecule has 0 amide bonds. The fourth-order valence-electron chi connectivity index (χ4n) is 4.00. The average Bonchev–Trinajstić information content (AvgIpc) is 3.05. The largest absolute Gasteiger partial charge is 0.465 e. The minimum atomic E-state index is -0.221. The quantitative estimate of drug-likeness (QED) is 0.714. The molecule has 1 aliphatic rings. The van der Waals surface area contributed by atoms with Gasteiger partial charge in [0, 0.05) is 22.9 Å². The first kappa shape index (κ1) is 16.9.